The highest BCUT2D eigenvalue weighted by molar-refractivity contribution is 5.94. The zero-order valence-corrected chi connectivity index (χ0v) is 14.8. The lowest BCUT2D eigenvalue weighted by atomic mass is 9.96. The number of benzene rings is 2. The second-order valence-electron chi connectivity index (χ2n) is 6.44. The van der Waals surface area contributed by atoms with Gasteiger partial charge in [-0.2, -0.15) is 0 Å². The van der Waals surface area contributed by atoms with Crippen LogP contribution in [0.4, 0.5) is 0 Å². The summed E-state index contributed by atoms with van der Waals surface area (Å²) in [5.41, 5.74) is 1.80. The van der Waals surface area contributed by atoms with Crippen LogP contribution in [0.3, 0.4) is 0 Å². The fourth-order valence-electron chi connectivity index (χ4n) is 2.60. The van der Waals surface area contributed by atoms with Crippen molar-refractivity contribution in [1.29, 1.82) is 0 Å². The molecular formula is C21H27NO2. The van der Waals surface area contributed by atoms with E-state index in [9.17, 15) is 4.79 Å². The number of carbonyl (C=O) groups excluding carboxylic acids is 1. The molecule has 0 radical (unpaired) electrons. The van der Waals surface area contributed by atoms with Crippen molar-refractivity contribution in [3.8, 4) is 5.75 Å². The summed E-state index contributed by atoms with van der Waals surface area (Å²) in [5, 5.41) is 3.16. The monoisotopic (exact) mass is 325 g/mol. The van der Waals surface area contributed by atoms with Gasteiger partial charge in [0.1, 0.15) is 5.75 Å². The summed E-state index contributed by atoms with van der Waals surface area (Å²) in [7, 11) is 0. The van der Waals surface area contributed by atoms with Crippen molar-refractivity contribution in [3.05, 3.63) is 65.7 Å². The maximum Gasteiger partial charge on any atom is 0.251 e. The number of ether oxygens (including phenoxy) is 1. The zero-order chi connectivity index (χ0) is 17.4. The van der Waals surface area contributed by atoms with Gasteiger partial charge >= 0.3 is 0 Å². The van der Waals surface area contributed by atoms with Crippen molar-refractivity contribution >= 4 is 5.91 Å². The average Bonchev–Trinajstić information content (AvgIpc) is 2.60. The van der Waals surface area contributed by atoms with Gasteiger partial charge in [-0.05, 0) is 48.6 Å². The van der Waals surface area contributed by atoms with Crippen LogP contribution in [0.15, 0.2) is 54.6 Å². The summed E-state index contributed by atoms with van der Waals surface area (Å²) in [4.78, 5) is 12.6. The van der Waals surface area contributed by atoms with Gasteiger partial charge < -0.3 is 10.1 Å². The van der Waals surface area contributed by atoms with Gasteiger partial charge in [-0.3, -0.25) is 4.79 Å². The molecule has 0 aliphatic rings. The van der Waals surface area contributed by atoms with Gasteiger partial charge in [-0.1, -0.05) is 51.1 Å². The van der Waals surface area contributed by atoms with Gasteiger partial charge in [0, 0.05) is 5.56 Å². The van der Waals surface area contributed by atoms with Crippen molar-refractivity contribution in [2.75, 3.05) is 6.61 Å². The van der Waals surface area contributed by atoms with Crippen LogP contribution in [-0.4, -0.2) is 12.5 Å². The molecule has 0 saturated carbocycles. The van der Waals surface area contributed by atoms with E-state index < -0.39 is 0 Å². The fraction of sp³-hybridized carbons (Fsp3) is 0.381. The molecule has 2 rings (SSSR count). The summed E-state index contributed by atoms with van der Waals surface area (Å²) < 4.78 is 5.56. The van der Waals surface area contributed by atoms with Crippen LogP contribution >= 0.6 is 0 Å². The molecule has 0 bridgehead atoms. The van der Waals surface area contributed by atoms with Crippen LogP contribution in [0.1, 0.15) is 55.6 Å². The highest BCUT2D eigenvalue weighted by atomic mass is 16.5. The van der Waals surface area contributed by atoms with E-state index in [-0.39, 0.29) is 11.9 Å². The summed E-state index contributed by atoms with van der Waals surface area (Å²) in [6, 6.07) is 17.5. The molecule has 128 valence electrons. The molecule has 2 aromatic rings. The Labute approximate surface area is 145 Å². The molecular weight excluding hydrogens is 298 g/mol. The molecule has 3 heteroatoms. The Morgan fingerprint density at radius 3 is 2.29 bits per heavy atom. The van der Waals surface area contributed by atoms with E-state index >= 15 is 0 Å². The number of rotatable bonds is 8. The predicted octanol–water partition coefficient (Wildman–Crippen LogP) is 4.99. The first-order valence-electron chi connectivity index (χ1n) is 8.68. The highest BCUT2D eigenvalue weighted by Gasteiger charge is 2.17. The van der Waals surface area contributed by atoms with Crippen LogP contribution < -0.4 is 10.1 Å². The largest absolute Gasteiger partial charge is 0.494 e. The number of nitrogens with one attached hydrogen (secondary N) is 1. The Morgan fingerprint density at radius 1 is 1.04 bits per heavy atom. The third kappa shape index (κ3) is 5.41. The summed E-state index contributed by atoms with van der Waals surface area (Å²) >= 11 is 0. The van der Waals surface area contributed by atoms with Crippen molar-refractivity contribution in [2.24, 2.45) is 5.92 Å². The van der Waals surface area contributed by atoms with Crippen LogP contribution in [0, 0.1) is 5.92 Å². The Hall–Kier alpha value is -2.29. The van der Waals surface area contributed by atoms with Crippen molar-refractivity contribution in [1.82, 2.24) is 5.32 Å². The van der Waals surface area contributed by atoms with E-state index in [1.54, 1.807) is 0 Å². The predicted molar refractivity (Wildman–Crippen MR) is 98.3 cm³/mol. The molecule has 0 aliphatic heterocycles. The minimum absolute atomic E-state index is 0.0229. The molecule has 0 unspecified atom stereocenters. The van der Waals surface area contributed by atoms with Gasteiger partial charge in [0.25, 0.3) is 5.91 Å². The molecule has 0 saturated heterocycles. The van der Waals surface area contributed by atoms with Crippen molar-refractivity contribution < 1.29 is 9.53 Å². The van der Waals surface area contributed by atoms with E-state index in [1.165, 1.54) is 0 Å². The first-order valence-corrected chi connectivity index (χ1v) is 8.68. The first-order chi connectivity index (χ1) is 11.6. The third-order valence-corrected chi connectivity index (χ3v) is 3.80. The maximum absolute atomic E-state index is 12.6. The molecule has 0 fully saturated rings. The second-order valence-corrected chi connectivity index (χ2v) is 6.44. The molecule has 2 aromatic carbocycles. The summed E-state index contributed by atoms with van der Waals surface area (Å²) in [6.07, 6.45) is 1.88. The number of hydrogen-bond donors (Lipinski definition) is 1. The Morgan fingerprint density at radius 2 is 1.71 bits per heavy atom. The minimum Gasteiger partial charge on any atom is -0.494 e. The molecule has 1 N–H and O–H groups in total. The van der Waals surface area contributed by atoms with Crippen molar-refractivity contribution in [2.45, 2.75) is 39.7 Å². The first kappa shape index (κ1) is 18.1. The van der Waals surface area contributed by atoms with Crippen LogP contribution in [0.2, 0.25) is 0 Å². The standard InChI is InChI=1S/C21H27NO2/c1-4-14-24-19-12-10-18(11-13-19)21(23)22-20(15-16(2)3)17-8-6-5-7-9-17/h5-13,16,20H,4,14-15H2,1-3H3,(H,22,23)/t20-/m0/s1. The molecule has 0 spiro atoms. The smallest absolute Gasteiger partial charge is 0.251 e. The van der Waals surface area contributed by atoms with Gasteiger partial charge in [-0.25, -0.2) is 0 Å². The van der Waals surface area contributed by atoms with E-state index in [0.717, 1.165) is 24.2 Å². The van der Waals surface area contributed by atoms with E-state index in [1.807, 2.05) is 42.5 Å². The molecule has 1 atom stereocenters. The number of amides is 1. The SMILES string of the molecule is CCCOc1ccc(C(=O)N[C@@H](CC(C)C)c2ccccc2)cc1. The van der Waals surface area contributed by atoms with Crippen LogP contribution in [0.5, 0.6) is 5.75 Å². The van der Waals surface area contributed by atoms with Crippen molar-refractivity contribution in [3.63, 3.8) is 0 Å². The summed E-state index contributed by atoms with van der Waals surface area (Å²) in [6.45, 7) is 7.10. The quantitative estimate of drug-likeness (QED) is 0.742. The lowest BCUT2D eigenvalue weighted by Gasteiger charge is -2.21. The molecule has 24 heavy (non-hydrogen) atoms. The van der Waals surface area contributed by atoms with Gasteiger partial charge in [0.05, 0.1) is 12.6 Å². The van der Waals surface area contributed by atoms with Crippen LogP contribution in [-0.2, 0) is 0 Å². The molecule has 3 nitrogen and oxygen atoms in total. The number of hydrogen-bond acceptors (Lipinski definition) is 2. The van der Waals surface area contributed by atoms with E-state index in [4.69, 9.17) is 4.74 Å². The van der Waals surface area contributed by atoms with E-state index in [0.29, 0.717) is 18.1 Å². The topological polar surface area (TPSA) is 38.3 Å². The maximum atomic E-state index is 12.6. The Balaban J connectivity index is 2.07. The van der Waals surface area contributed by atoms with Crippen LogP contribution in [0.25, 0.3) is 0 Å². The Bertz CT molecular complexity index is 620. The summed E-state index contributed by atoms with van der Waals surface area (Å²) in [5.74, 6) is 1.25. The molecule has 0 aromatic heterocycles. The molecule has 0 aliphatic carbocycles. The lowest BCUT2D eigenvalue weighted by molar-refractivity contribution is 0.0932. The molecule has 0 heterocycles. The molecule has 1 amide bonds. The second kappa shape index (κ2) is 9.11. The van der Waals surface area contributed by atoms with Gasteiger partial charge in [0.2, 0.25) is 0 Å². The van der Waals surface area contributed by atoms with E-state index in [2.05, 4.69) is 38.2 Å². The highest BCUT2D eigenvalue weighted by Crippen LogP contribution is 2.22. The average molecular weight is 325 g/mol. The normalized spacial score (nSPS) is 12.0. The third-order valence-electron chi connectivity index (χ3n) is 3.80. The minimum atomic E-state index is -0.0495. The lowest BCUT2D eigenvalue weighted by Crippen LogP contribution is -2.29. The fourth-order valence-corrected chi connectivity index (χ4v) is 2.60. The van der Waals surface area contributed by atoms with Gasteiger partial charge in [-0.15, -0.1) is 0 Å². The van der Waals surface area contributed by atoms with Gasteiger partial charge in [0.15, 0.2) is 0 Å². The Kier molecular flexibility index (Phi) is 6.86. The number of carbonyl (C=O) groups is 1. The zero-order valence-electron chi connectivity index (χ0n) is 14.8.